The van der Waals surface area contributed by atoms with Gasteiger partial charge in [-0.15, -0.1) is 11.3 Å². The van der Waals surface area contributed by atoms with E-state index in [-0.39, 0.29) is 10.7 Å². The Hall–Kier alpha value is -2.72. The maximum atomic E-state index is 13.4. The number of aromatic nitrogens is 2. The Labute approximate surface area is 203 Å². The number of fused-ring (bicyclic) bond motifs is 1. The Morgan fingerprint density at radius 2 is 1.82 bits per heavy atom. The van der Waals surface area contributed by atoms with Crippen molar-refractivity contribution in [2.45, 2.75) is 12.7 Å². The molecular formula is C24H21ClF3N4OS+. The molecule has 1 aliphatic heterocycles. The molecule has 0 spiro atoms. The molecule has 2 aromatic heterocycles. The van der Waals surface area contributed by atoms with Gasteiger partial charge in [0.25, 0.3) is 0 Å². The van der Waals surface area contributed by atoms with Crippen LogP contribution >= 0.6 is 22.9 Å². The highest BCUT2D eigenvalue weighted by Gasteiger charge is 2.33. The minimum atomic E-state index is -4.56. The second-order valence-corrected chi connectivity index (χ2v) is 9.31. The van der Waals surface area contributed by atoms with Crippen molar-refractivity contribution in [2.75, 3.05) is 31.6 Å². The van der Waals surface area contributed by atoms with Crippen LogP contribution < -0.4 is 10.2 Å². The van der Waals surface area contributed by atoms with Gasteiger partial charge in [-0.3, -0.25) is 0 Å². The van der Waals surface area contributed by atoms with Crippen LogP contribution in [0.15, 0.2) is 53.9 Å². The fourth-order valence-electron chi connectivity index (χ4n) is 4.00. The highest BCUT2D eigenvalue weighted by atomic mass is 35.5. The van der Waals surface area contributed by atoms with Gasteiger partial charge in [0.1, 0.15) is 30.3 Å². The van der Waals surface area contributed by atoms with Crippen LogP contribution in [0.5, 0.6) is 0 Å². The third-order valence-corrected chi connectivity index (χ3v) is 6.91. The highest BCUT2D eigenvalue weighted by molar-refractivity contribution is 7.17. The van der Waals surface area contributed by atoms with Gasteiger partial charge in [0, 0.05) is 16.6 Å². The number of nitrogens with zero attached hydrogens (tertiary/aromatic N) is 2. The van der Waals surface area contributed by atoms with Crippen molar-refractivity contribution in [1.82, 2.24) is 9.97 Å². The number of rotatable bonds is 5. The Morgan fingerprint density at radius 1 is 1.06 bits per heavy atom. The Balaban J connectivity index is 1.59. The maximum absolute atomic E-state index is 13.4. The van der Waals surface area contributed by atoms with Crippen LogP contribution in [0.4, 0.5) is 24.7 Å². The first-order chi connectivity index (χ1) is 16.4. The molecule has 0 aliphatic carbocycles. The van der Waals surface area contributed by atoms with Crippen LogP contribution in [0, 0.1) is 0 Å². The number of halogens is 4. The van der Waals surface area contributed by atoms with E-state index < -0.39 is 11.7 Å². The van der Waals surface area contributed by atoms with Gasteiger partial charge in [0.15, 0.2) is 5.82 Å². The van der Waals surface area contributed by atoms with E-state index in [1.165, 1.54) is 28.4 Å². The molecular weight excluding hydrogens is 485 g/mol. The molecule has 10 heteroatoms. The van der Waals surface area contributed by atoms with Crippen LogP contribution in [-0.2, 0) is 17.5 Å². The summed E-state index contributed by atoms with van der Waals surface area (Å²) in [6.45, 7) is 3.70. The molecule has 176 valence electrons. The van der Waals surface area contributed by atoms with E-state index in [1.807, 2.05) is 35.7 Å². The number of hydrogen-bond donors (Lipinski definition) is 2. The van der Waals surface area contributed by atoms with Crippen molar-refractivity contribution < 1.29 is 22.8 Å². The summed E-state index contributed by atoms with van der Waals surface area (Å²) >= 11 is 7.31. The number of benzene rings is 2. The zero-order valence-corrected chi connectivity index (χ0v) is 19.5. The summed E-state index contributed by atoms with van der Waals surface area (Å²) < 4.78 is 45.7. The molecule has 0 bridgehead atoms. The lowest BCUT2D eigenvalue weighted by molar-refractivity contribution is -0.922. The number of alkyl halides is 3. The predicted molar refractivity (Wildman–Crippen MR) is 128 cm³/mol. The second-order valence-electron chi connectivity index (χ2n) is 8.04. The number of quaternary nitrogens is 1. The predicted octanol–water partition coefficient (Wildman–Crippen LogP) is 5.19. The monoisotopic (exact) mass is 505 g/mol. The molecule has 2 aromatic carbocycles. The molecule has 0 unspecified atom stereocenters. The smallest absolute Gasteiger partial charge is 0.370 e. The summed E-state index contributed by atoms with van der Waals surface area (Å²) in [5, 5.41) is 5.57. The van der Waals surface area contributed by atoms with Crippen molar-refractivity contribution in [2.24, 2.45) is 0 Å². The number of anilines is 2. The third-order valence-electron chi connectivity index (χ3n) is 5.71. The van der Waals surface area contributed by atoms with E-state index in [9.17, 15) is 13.2 Å². The first-order valence-corrected chi connectivity index (χ1v) is 12.0. The maximum Gasteiger partial charge on any atom is 0.417 e. The Bertz CT molecular complexity index is 1310. The zero-order valence-electron chi connectivity index (χ0n) is 18.0. The summed E-state index contributed by atoms with van der Waals surface area (Å²) in [7, 11) is 0. The standard InChI is InChI=1S/C24H20ClF3N4OS/c25-19-7-6-16(12-18(19)24(26,27)28)29-22-21-17(15-4-2-1-3-5-15)14-34-23(21)31-20(30-22)13-32-8-10-33-11-9-32/h1-7,12,14H,8-11,13H2,(H,29,30,31)/p+1. The lowest BCUT2D eigenvalue weighted by atomic mass is 10.1. The van der Waals surface area contributed by atoms with Gasteiger partial charge in [-0.1, -0.05) is 41.9 Å². The molecule has 5 nitrogen and oxygen atoms in total. The first-order valence-electron chi connectivity index (χ1n) is 10.8. The second kappa shape index (κ2) is 9.50. The van der Waals surface area contributed by atoms with Crippen molar-refractivity contribution >= 4 is 44.7 Å². The topological polar surface area (TPSA) is 51.5 Å². The summed E-state index contributed by atoms with van der Waals surface area (Å²) in [4.78, 5) is 11.7. The fraction of sp³-hybridized carbons (Fsp3) is 0.250. The van der Waals surface area contributed by atoms with E-state index in [0.717, 1.165) is 40.5 Å². The van der Waals surface area contributed by atoms with Crippen LogP contribution in [0.1, 0.15) is 11.4 Å². The number of ether oxygens (including phenoxy) is 1. The molecule has 0 saturated carbocycles. The number of morpholine rings is 1. The number of nitrogens with one attached hydrogen (secondary N) is 2. The van der Waals surface area contributed by atoms with E-state index in [2.05, 4.69) is 5.32 Å². The summed E-state index contributed by atoms with van der Waals surface area (Å²) in [5.41, 5.74) is 1.28. The van der Waals surface area contributed by atoms with E-state index >= 15 is 0 Å². The molecule has 3 heterocycles. The van der Waals surface area contributed by atoms with Gasteiger partial charge in [-0.05, 0) is 23.8 Å². The van der Waals surface area contributed by atoms with Crippen molar-refractivity contribution in [3.05, 3.63) is 70.3 Å². The van der Waals surface area contributed by atoms with E-state index in [4.69, 9.17) is 26.3 Å². The molecule has 4 aromatic rings. The zero-order chi connectivity index (χ0) is 23.7. The SMILES string of the molecule is FC(F)(F)c1cc(Nc2nc(C[NH+]3CCOCC3)nc3scc(-c4ccccc4)c23)ccc1Cl. The van der Waals surface area contributed by atoms with E-state index in [0.29, 0.717) is 31.4 Å². The van der Waals surface area contributed by atoms with Gasteiger partial charge < -0.3 is 15.0 Å². The molecule has 1 saturated heterocycles. The molecule has 2 N–H and O–H groups in total. The van der Waals surface area contributed by atoms with Crippen LogP contribution in [0.2, 0.25) is 5.02 Å². The minimum absolute atomic E-state index is 0.256. The van der Waals surface area contributed by atoms with Crippen molar-refractivity contribution in [1.29, 1.82) is 0 Å². The molecule has 5 rings (SSSR count). The molecule has 0 atom stereocenters. The average Bonchev–Trinajstić information content (AvgIpc) is 3.25. The number of hydrogen-bond acceptors (Lipinski definition) is 5. The minimum Gasteiger partial charge on any atom is -0.370 e. The third kappa shape index (κ3) is 4.88. The van der Waals surface area contributed by atoms with Crippen molar-refractivity contribution in [3.8, 4) is 11.1 Å². The fourth-order valence-corrected chi connectivity index (χ4v) is 5.19. The lowest BCUT2D eigenvalue weighted by Gasteiger charge is -2.23. The quantitative estimate of drug-likeness (QED) is 0.392. The first kappa shape index (κ1) is 23.0. The van der Waals surface area contributed by atoms with Crippen LogP contribution in [0.3, 0.4) is 0 Å². The Morgan fingerprint density at radius 3 is 2.56 bits per heavy atom. The van der Waals surface area contributed by atoms with Gasteiger partial charge in [0.2, 0.25) is 0 Å². The van der Waals surface area contributed by atoms with Crippen LogP contribution in [-0.4, -0.2) is 36.3 Å². The normalized spacial score (nSPS) is 15.1. The van der Waals surface area contributed by atoms with Gasteiger partial charge in [-0.25, -0.2) is 9.97 Å². The van der Waals surface area contributed by atoms with Gasteiger partial charge >= 0.3 is 6.18 Å². The van der Waals surface area contributed by atoms with Gasteiger partial charge in [-0.2, -0.15) is 13.2 Å². The van der Waals surface area contributed by atoms with Crippen LogP contribution in [0.25, 0.3) is 21.3 Å². The summed E-state index contributed by atoms with van der Waals surface area (Å²) in [6.07, 6.45) is -4.56. The van der Waals surface area contributed by atoms with E-state index in [1.54, 1.807) is 0 Å². The average molecular weight is 506 g/mol. The molecule has 0 radical (unpaired) electrons. The Kier molecular flexibility index (Phi) is 6.44. The summed E-state index contributed by atoms with van der Waals surface area (Å²) in [5.74, 6) is 1.11. The number of thiophene rings is 1. The largest absolute Gasteiger partial charge is 0.417 e. The molecule has 1 aliphatic rings. The molecule has 34 heavy (non-hydrogen) atoms. The highest BCUT2D eigenvalue weighted by Crippen LogP contribution is 2.40. The molecule has 1 fully saturated rings. The lowest BCUT2D eigenvalue weighted by Crippen LogP contribution is -3.12. The summed E-state index contributed by atoms with van der Waals surface area (Å²) in [6, 6.07) is 13.6. The van der Waals surface area contributed by atoms with Crippen molar-refractivity contribution in [3.63, 3.8) is 0 Å². The molecule has 0 amide bonds. The van der Waals surface area contributed by atoms with Gasteiger partial charge in [0.05, 0.1) is 29.2 Å².